The number of hydrogen-bond donors (Lipinski definition) is 1. The fourth-order valence-electron chi connectivity index (χ4n) is 4.36. The maximum atomic E-state index is 12.5. The van der Waals surface area contributed by atoms with Crippen molar-refractivity contribution < 1.29 is 4.79 Å². The van der Waals surface area contributed by atoms with E-state index in [-0.39, 0.29) is 24.4 Å². The Morgan fingerprint density at radius 2 is 1.79 bits per heavy atom. The molecule has 19 heavy (non-hydrogen) atoms. The Kier molecular flexibility index (Phi) is 4.78. The van der Waals surface area contributed by atoms with Gasteiger partial charge in [0, 0.05) is 19.1 Å². The van der Waals surface area contributed by atoms with E-state index in [9.17, 15) is 4.79 Å². The summed E-state index contributed by atoms with van der Waals surface area (Å²) in [6, 6.07) is 0.125. The van der Waals surface area contributed by atoms with E-state index < -0.39 is 0 Å². The smallest absolute Gasteiger partial charge is 0.227 e. The predicted molar refractivity (Wildman–Crippen MR) is 79.3 cm³/mol. The second kappa shape index (κ2) is 6.01. The van der Waals surface area contributed by atoms with Crippen molar-refractivity contribution in [3.63, 3.8) is 0 Å². The lowest BCUT2D eigenvalue weighted by Gasteiger charge is -2.33. The molecule has 2 aliphatic carbocycles. The topological polar surface area (TPSA) is 46.3 Å². The third-order valence-corrected chi connectivity index (χ3v) is 5.55. The molecule has 2 unspecified atom stereocenters. The first-order valence-electron chi connectivity index (χ1n) is 7.75. The highest BCUT2D eigenvalue weighted by atomic mass is 35.5. The van der Waals surface area contributed by atoms with Crippen molar-refractivity contribution in [1.29, 1.82) is 0 Å². The van der Waals surface area contributed by atoms with Crippen molar-refractivity contribution in [1.82, 2.24) is 4.90 Å². The molecule has 110 valence electrons. The molecule has 1 spiro atoms. The van der Waals surface area contributed by atoms with Gasteiger partial charge in [-0.3, -0.25) is 4.79 Å². The van der Waals surface area contributed by atoms with Gasteiger partial charge in [0.05, 0.1) is 5.92 Å². The molecule has 1 heterocycles. The molecular weight excluding hydrogens is 260 g/mol. The third-order valence-electron chi connectivity index (χ3n) is 5.55. The lowest BCUT2D eigenvalue weighted by molar-refractivity contribution is -0.135. The molecular formula is C15H27ClN2O. The van der Waals surface area contributed by atoms with E-state index in [1.807, 2.05) is 0 Å². The summed E-state index contributed by atoms with van der Waals surface area (Å²) in [5, 5.41) is 0. The number of amides is 1. The highest BCUT2D eigenvalue weighted by molar-refractivity contribution is 5.85. The zero-order valence-corrected chi connectivity index (χ0v) is 12.6. The molecule has 0 aromatic heterocycles. The normalized spacial score (nSPS) is 33.4. The van der Waals surface area contributed by atoms with Gasteiger partial charge in [0.1, 0.15) is 0 Å². The van der Waals surface area contributed by atoms with E-state index in [4.69, 9.17) is 5.73 Å². The Morgan fingerprint density at radius 3 is 2.42 bits per heavy atom. The maximum Gasteiger partial charge on any atom is 0.227 e. The minimum Gasteiger partial charge on any atom is -0.342 e. The second-order valence-electron chi connectivity index (χ2n) is 6.77. The van der Waals surface area contributed by atoms with Gasteiger partial charge in [0.15, 0.2) is 0 Å². The van der Waals surface area contributed by atoms with Crippen LogP contribution in [0.5, 0.6) is 0 Å². The summed E-state index contributed by atoms with van der Waals surface area (Å²) in [6.07, 6.45) is 11.2. The first-order valence-corrected chi connectivity index (χ1v) is 7.75. The van der Waals surface area contributed by atoms with Gasteiger partial charge < -0.3 is 10.6 Å². The van der Waals surface area contributed by atoms with Crippen LogP contribution in [0.15, 0.2) is 0 Å². The molecule has 3 fully saturated rings. The van der Waals surface area contributed by atoms with Crippen molar-refractivity contribution in [2.45, 2.75) is 63.8 Å². The summed E-state index contributed by atoms with van der Waals surface area (Å²) >= 11 is 0. The van der Waals surface area contributed by atoms with E-state index >= 15 is 0 Å². The molecule has 2 atom stereocenters. The lowest BCUT2D eigenvalue weighted by atomic mass is 9.73. The summed E-state index contributed by atoms with van der Waals surface area (Å²) in [7, 11) is 0. The highest BCUT2D eigenvalue weighted by Crippen LogP contribution is 2.44. The maximum absolute atomic E-state index is 12.5. The molecule has 3 nitrogen and oxygen atoms in total. The van der Waals surface area contributed by atoms with Crippen molar-refractivity contribution in [3.8, 4) is 0 Å². The standard InChI is InChI=1S/C15H26N2O.ClH/c16-13-6-4-5-12(13)14(18)17-10-9-15(11-17)7-2-1-3-8-15;/h12-13H,1-11,16H2;1H. The van der Waals surface area contributed by atoms with Crippen LogP contribution < -0.4 is 5.73 Å². The molecule has 2 saturated carbocycles. The monoisotopic (exact) mass is 286 g/mol. The van der Waals surface area contributed by atoms with E-state index in [2.05, 4.69) is 4.90 Å². The van der Waals surface area contributed by atoms with Crippen LogP contribution in [0.1, 0.15) is 57.8 Å². The molecule has 4 heteroatoms. The van der Waals surface area contributed by atoms with Gasteiger partial charge in [-0.1, -0.05) is 25.7 Å². The second-order valence-corrected chi connectivity index (χ2v) is 6.77. The summed E-state index contributed by atoms with van der Waals surface area (Å²) in [4.78, 5) is 14.7. The number of rotatable bonds is 1. The molecule has 0 aromatic rings. The number of nitrogens with zero attached hydrogens (tertiary/aromatic N) is 1. The van der Waals surface area contributed by atoms with Crippen LogP contribution >= 0.6 is 12.4 Å². The van der Waals surface area contributed by atoms with Crippen molar-refractivity contribution in [2.75, 3.05) is 13.1 Å². The van der Waals surface area contributed by atoms with E-state index in [0.29, 0.717) is 11.3 Å². The Bertz CT molecular complexity index is 328. The van der Waals surface area contributed by atoms with Gasteiger partial charge in [-0.15, -0.1) is 12.4 Å². The van der Waals surface area contributed by atoms with Crippen LogP contribution in [0.3, 0.4) is 0 Å². The number of hydrogen-bond acceptors (Lipinski definition) is 2. The Labute approximate surface area is 122 Å². The van der Waals surface area contributed by atoms with Gasteiger partial charge in [-0.25, -0.2) is 0 Å². The zero-order valence-electron chi connectivity index (χ0n) is 11.8. The number of likely N-dealkylation sites (tertiary alicyclic amines) is 1. The summed E-state index contributed by atoms with van der Waals surface area (Å²) in [5.41, 5.74) is 6.55. The molecule has 1 amide bonds. The largest absolute Gasteiger partial charge is 0.342 e. The quantitative estimate of drug-likeness (QED) is 0.806. The Hall–Kier alpha value is -0.280. The van der Waals surface area contributed by atoms with Crippen LogP contribution in [-0.2, 0) is 4.79 Å². The SMILES string of the molecule is Cl.NC1CCCC1C(=O)N1CCC2(CCCCC2)C1. The van der Waals surface area contributed by atoms with Crippen molar-refractivity contribution in [3.05, 3.63) is 0 Å². The van der Waals surface area contributed by atoms with Crippen molar-refractivity contribution >= 4 is 18.3 Å². The average Bonchev–Trinajstić information content (AvgIpc) is 2.97. The molecule has 1 saturated heterocycles. The first kappa shape index (κ1) is 15.1. The van der Waals surface area contributed by atoms with Crippen molar-refractivity contribution in [2.24, 2.45) is 17.1 Å². The average molecular weight is 287 g/mol. The summed E-state index contributed by atoms with van der Waals surface area (Å²) in [5.74, 6) is 0.492. The number of carbonyl (C=O) groups excluding carboxylic acids is 1. The Balaban J connectivity index is 0.00000133. The van der Waals surface area contributed by atoms with Gasteiger partial charge >= 0.3 is 0 Å². The number of nitrogens with two attached hydrogens (primary N) is 1. The van der Waals surface area contributed by atoms with Gasteiger partial charge in [-0.2, -0.15) is 0 Å². The van der Waals surface area contributed by atoms with Crippen LogP contribution in [0.25, 0.3) is 0 Å². The minimum absolute atomic E-state index is 0. The minimum atomic E-state index is 0. The summed E-state index contributed by atoms with van der Waals surface area (Å²) < 4.78 is 0. The van der Waals surface area contributed by atoms with Gasteiger partial charge in [0.2, 0.25) is 5.91 Å². The molecule has 3 rings (SSSR count). The lowest BCUT2D eigenvalue weighted by Crippen LogP contribution is -2.41. The highest BCUT2D eigenvalue weighted by Gasteiger charge is 2.43. The van der Waals surface area contributed by atoms with E-state index in [1.165, 1.54) is 38.5 Å². The molecule has 3 aliphatic rings. The van der Waals surface area contributed by atoms with Crippen LogP contribution in [0.2, 0.25) is 0 Å². The molecule has 0 radical (unpaired) electrons. The predicted octanol–water partition coefficient (Wildman–Crippen LogP) is 2.72. The first-order chi connectivity index (χ1) is 8.70. The van der Waals surface area contributed by atoms with Gasteiger partial charge in [0.25, 0.3) is 0 Å². The molecule has 0 bridgehead atoms. The van der Waals surface area contributed by atoms with Crippen LogP contribution in [0.4, 0.5) is 0 Å². The van der Waals surface area contributed by atoms with Crippen LogP contribution in [0, 0.1) is 11.3 Å². The molecule has 1 aliphatic heterocycles. The Morgan fingerprint density at radius 1 is 1.05 bits per heavy atom. The number of carbonyl (C=O) groups is 1. The van der Waals surface area contributed by atoms with E-state index in [0.717, 1.165) is 32.4 Å². The third kappa shape index (κ3) is 2.92. The molecule has 0 aromatic carbocycles. The fraction of sp³-hybridized carbons (Fsp3) is 0.933. The number of halogens is 1. The van der Waals surface area contributed by atoms with E-state index in [1.54, 1.807) is 0 Å². The molecule has 2 N–H and O–H groups in total. The summed E-state index contributed by atoms with van der Waals surface area (Å²) in [6.45, 7) is 2.01. The zero-order chi connectivity index (χ0) is 12.6. The van der Waals surface area contributed by atoms with Crippen LogP contribution in [-0.4, -0.2) is 29.9 Å². The van der Waals surface area contributed by atoms with Gasteiger partial charge in [-0.05, 0) is 37.5 Å². The fourth-order valence-corrected chi connectivity index (χ4v) is 4.36.